The van der Waals surface area contributed by atoms with Gasteiger partial charge in [-0.1, -0.05) is 72.8 Å². The van der Waals surface area contributed by atoms with E-state index < -0.39 is 5.41 Å². The number of nitrogens with two attached hydrogens (primary N) is 1. The zero-order valence-electron chi connectivity index (χ0n) is 17.8. The van der Waals surface area contributed by atoms with Crippen molar-refractivity contribution in [2.75, 3.05) is 13.6 Å². The van der Waals surface area contributed by atoms with E-state index in [1.165, 1.54) is 5.56 Å². The van der Waals surface area contributed by atoms with Crippen LogP contribution in [0.5, 0.6) is 5.75 Å². The van der Waals surface area contributed by atoms with Crippen LogP contribution in [0.25, 0.3) is 0 Å². The Bertz CT molecular complexity index is 982. The molecule has 1 heterocycles. The molecular weight excluding hydrogens is 388 g/mol. The molecule has 1 aliphatic rings. The van der Waals surface area contributed by atoms with Crippen LogP contribution >= 0.6 is 0 Å². The van der Waals surface area contributed by atoms with Gasteiger partial charge < -0.3 is 15.5 Å². The lowest BCUT2D eigenvalue weighted by Crippen LogP contribution is -2.43. The SMILES string of the molecule is CN(CCCC(C(N)=O)(c1ccccc1)c1ccccc1)Cc1ccc2c(c1)OOC2. The monoisotopic (exact) mass is 416 g/mol. The second-order valence-electron chi connectivity index (χ2n) is 8.13. The number of nitrogens with zero attached hydrogens (tertiary/aromatic N) is 1. The molecule has 4 rings (SSSR count). The molecular formula is C26H28N2O3. The fraction of sp³-hybridized carbons (Fsp3) is 0.269. The molecule has 0 unspecified atom stereocenters. The Morgan fingerprint density at radius 2 is 1.65 bits per heavy atom. The van der Waals surface area contributed by atoms with E-state index in [0.717, 1.165) is 42.0 Å². The summed E-state index contributed by atoms with van der Waals surface area (Å²) in [5, 5.41) is 0. The largest absolute Gasteiger partial charge is 0.369 e. The number of hydrogen-bond donors (Lipinski definition) is 1. The maximum Gasteiger partial charge on any atom is 0.232 e. The van der Waals surface area contributed by atoms with Gasteiger partial charge in [-0.15, -0.1) is 0 Å². The summed E-state index contributed by atoms with van der Waals surface area (Å²) in [5.74, 6) is 0.482. The van der Waals surface area contributed by atoms with E-state index >= 15 is 0 Å². The van der Waals surface area contributed by atoms with Gasteiger partial charge in [0.2, 0.25) is 5.91 Å². The third-order valence-corrected chi connectivity index (χ3v) is 5.99. The van der Waals surface area contributed by atoms with Crippen molar-refractivity contribution < 1.29 is 14.6 Å². The Morgan fingerprint density at radius 1 is 1.00 bits per heavy atom. The smallest absolute Gasteiger partial charge is 0.232 e. The summed E-state index contributed by atoms with van der Waals surface area (Å²) in [6.45, 7) is 2.12. The standard InChI is InChI=1S/C26H28N2O3/c1-28(18-20-13-14-21-19-30-31-24(21)17-20)16-8-15-26(25(27)29,22-9-4-2-5-10-22)23-11-6-3-7-12-23/h2-7,9-14,17H,8,15-16,18-19H2,1H3,(H2,27,29). The van der Waals surface area contributed by atoms with Crippen LogP contribution < -0.4 is 10.6 Å². The zero-order valence-corrected chi connectivity index (χ0v) is 17.8. The maximum absolute atomic E-state index is 12.9. The minimum Gasteiger partial charge on any atom is -0.369 e. The maximum atomic E-state index is 12.9. The van der Waals surface area contributed by atoms with Gasteiger partial charge in [-0.05, 0) is 49.2 Å². The molecule has 0 aromatic heterocycles. The van der Waals surface area contributed by atoms with Gasteiger partial charge >= 0.3 is 0 Å². The minimum atomic E-state index is -0.845. The highest BCUT2D eigenvalue weighted by atomic mass is 17.2. The van der Waals surface area contributed by atoms with Crippen molar-refractivity contribution in [3.63, 3.8) is 0 Å². The predicted octanol–water partition coefficient (Wildman–Crippen LogP) is 4.19. The Kier molecular flexibility index (Phi) is 6.35. The van der Waals surface area contributed by atoms with Crippen molar-refractivity contribution in [3.8, 4) is 5.75 Å². The minimum absolute atomic E-state index is 0.316. The first-order valence-electron chi connectivity index (χ1n) is 10.6. The van der Waals surface area contributed by atoms with Crippen molar-refractivity contribution in [2.45, 2.75) is 31.4 Å². The van der Waals surface area contributed by atoms with E-state index in [1.807, 2.05) is 66.7 Å². The third-order valence-electron chi connectivity index (χ3n) is 5.99. The van der Waals surface area contributed by atoms with Crippen molar-refractivity contribution in [1.82, 2.24) is 4.90 Å². The second kappa shape index (κ2) is 9.33. The molecule has 3 aromatic rings. The molecule has 0 fully saturated rings. The highest BCUT2D eigenvalue weighted by Gasteiger charge is 2.39. The van der Waals surface area contributed by atoms with E-state index in [4.69, 9.17) is 15.5 Å². The van der Waals surface area contributed by atoms with E-state index in [9.17, 15) is 4.79 Å². The van der Waals surface area contributed by atoms with Crippen LogP contribution in [0.15, 0.2) is 78.9 Å². The number of carbonyl (C=O) groups excluding carboxylic acids is 1. The topological polar surface area (TPSA) is 64.8 Å². The molecule has 1 aliphatic heterocycles. The molecule has 0 atom stereocenters. The Labute approximate surface area is 183 Å². The molecule has 0 saturated carbocycles. The zero-order chi connectivity index (χ0) is 21.7. The lowest BCUT2D eigenvalue weighted by atomic mass is 9.70. The number of carbonyl (C=O) groups is 1. The number of hydrogen-bond acceptors (Lipinski definition) is 4. The molecule has 1 amide bonds. The molecule has 5 heteroatoms. The first-order chi connectivity index (χ1) is 15.1. The van der Waals surface area contributed by atoms with Crippen molar-refractivity contribution in [2.24, 2.45) is 5.73 Å². The Balaban J connectivity index is 1.48. The highest BCUT2D eigenvalue weighted by Crippen LogP contribution is 2.37. The molecule has 2 N–H and O–H groups in total. The van der Waals surface area contributed by atoms with E-state index in [0.29, 0.717) is 13.0 Å². The van der Waals surface area contributed by atoms with Crippen molar-refractivity contribution >= 4 is 5.91 Å². The van der Waals surface area contributed by atoms with Crippen LogP contribution in [0, 0.1) is 0 Å². The molecule has 0 aliphatic carbocycles. The third kappa shape index (κ3) is 4.48. The van der Waals surface area contributed by atoms with Gasteiger partial charge in [0.25, 0.3) is 0 Å². The second-order valence-corrected chi connectivity index (χ2v) is 8.13. The van der Waals surface area contributed by atoms with Gasteiger partial charge in [0.05, 0.1) is 5.41 Å². The number of primary amides is 1. The van der Waals surface area contributed by atoms with Gasteiger partial charge in [-0.2, -0.15) is 4.89 Å². The summed E-state index contributed by atoms with van der Waals surface area (Å²) in [6, 6.07) is 25.9. The molecule has 0 spiro atoms. The average Bonchev–Trinajstić information content (AvgIpc) is 3.26. The molecule has 5 nitrogen and oxygen atoms in total. The first-order valence-corrected chi connectivity index (χ1v) is 10.6. The number of benzene rings is 3. The van der Waals surface area contributed by atoms with Crippen LogP contribution in [0.2, 0.25) is 0 Å². The van der Waals surface area contributed by atoms with Crippen molar-refractivity contribution in [1.29, 1.82) is 0 Å². The summed E-state index contributed by atoms with van der Waals surface area (Å²) in [4.78, 5) is 25.4. The van der Waals surface area contributed by atoms with E-state index in [1.54, 1.807) is 0 Å². The fourth-order valence-electron chi connectivity index (χ4n) is 4.36. The summed E-state index contributed by atoms with van der Waals surface area (Å²) >= 11 is 0. The lowest BCUT2D eigenvalue weighted by Gasteiger charge is -2.32. The molecule has 3 aromatic carbocycles. The summed E-state index contributed by atoms with van der Waals surface area (Å²) < 4.78 is 0. The molecule has 0 radical (unpaired) electrons. The van der Waals surface area contributed by atoms with Gasteiger partial charge in [0.1, 0.15) is 6.61 Å². The van der Waals surface area contributed by atoms with E-state index in [-0.39, 0.29) is 5.91 Å². The van der Waals surface area contributed by atoms with Crippen molar-refractivity contribution in [3.05, 3.63) is 101 Å². The van der Waals surface area contributed by atoms with Crippen LogP contribution in [0.4, 0.5) is 0 Å². The summed E-state index contributed by atoms with van der Waals surface area (Å²) in [7, 11) is 2.08. The number of fused-ring (bicyclic) bond motifs is 1. The highest BCUT2D eigenvalue weighted by molar-refractivity contribution is 5.90. The number of amides is 1. The number of rotatable bonds is 9. The van der Waals surface area contributed by atoms with Gasteiger partial charge in [-0.25, -0.2) is 0 Å². The van der Waals surface area contributed by atoms with Crippen LogP contribution in [-0.2, 0) is 28.2 Å². The quantitative estimate of drug-likeness (QED) is 0.531. The Morgan fingerprint density at radius 3 is 2.26 bits per heavy atom. The average molecular weight is 417 g/mol. The fourth-order valence-corrected chi connectivity index (χ4v) is 4.36. The lowest BCUT2D eigenvalue weighted by molar-refractivity contribution is -0.194. The first kappa shape index (κ1) is 21.1. The molecule has 0 saturated heterocycles. The van der Waals surface area contributed by atoms with Gasteiger partial charge in [0, 0.05) is 12.1 Å². The summed E-state index contributed by atoms with van der Waals surface area (Å²) in [6.07, 6.45) is 1.47. The Hall–Kier alpha value is -3.15. The van der Waals surface area contributed by atoms with Crippen LogP contribution in [-0.4, -0.2) is 24.4 Å². The van der Waals surface area contributed by atoms with E-state index in [2.05, 4.69) is 24.1 Å². The van der Waals surface area contributed by atoms with Crippen LogP contribution in [0.3, 0.4) is 0 Å². The van der Waals surface area contributed by atoms with Gasteiger partial charge in [-0.3, -0.25) is 4.79 Å². The molecule has 0 bridgehead atoms. The van der Waals surface area contributed by atoms with Crippen LogP contribution in [0.1, 0.15) is 35.1 Å². The summed E-state index contributed by atoms with van der Waals surface area (Å²) in [5.41, 5.74) is 9.32. The molecule has 160 valence electrons. The normalized spacial score (nSPS) is 13.1. The van der Waals surface area contributed by atoms with Gasteiger partial charge in [0.15, 0.2) is 5.75 Å². The molecule has 31 heavy (non-hydrogen) atoms. The predicted molar refractivity (Wildman–Crippen MR) is 120 cm³/mol.